The molecule has 0 bridgehead atoms. The van der Waals surface area contributed by atoms with Crippen LogP contribution in [0.3, 0.4) is 0 Å². The summed E-state index contributed by atoms with van der Waals surface area (Å²) in [7, 11) is 0. The van der Waals surface area contributed by atoms with Crippen LogP contribution in [0.25, 0.3) is 0 Å². The number of piperazine rings is 1. The first kappa shape index (κ1) is 11.3. The highest BCUT2D eigenvalue weighted by Gasteiger charge is 2.34. The second-order valence-corrected chi connectivity index (χ2v) is 5.45. The maximum Gasteiger partial charge on any atom is 0.0718 e. The van der Waals surface area contributed by atoms with E-state index in [2.05, 4.69) is 15.1 Å². The van der Waals surface area contributed by atoms with E-state index in [0.29, 0.717) is 0 Å². The number of hydrogen-bond acceptors (Lipinski definition) is 4. The molecule has 2 saturated heterocycles. The maximum absolute atomic E-state index is 9.68. The standard InChI is InChI=1S/C11H23N3O/c1-11(2,15)9-13-7-10(8-13)14-5-3-12-4-6-14/h10,12,15H,3-9H2,1-2H3. The van der Waals surface area contributed by atoms with Gasteiger partial charge in [0.1, 0.15) is 0 Å². The van der Waals surface area contributed by atoms with E-state index < -0.39 is 5.60 Å². The van der Waals surface area contributed by atoms with Gasteiger partial charge in [0.05, 0.1) is 5.60 Å². The minimum atomic E-state index is -0.547. The summed E-state index contributed by atoms with van der Waals surface area (Å²) in [5, 5.41) is 13.1. The van der Waals surface area contributed by atoms with Gasteiger partial charge in [-0.3, -0.25) is 9.80 Å². The molecule has 2 aliphatic heterocycles. The molecule has 4 nitrogen and oxygen atoms in total. The lowest BCUT2D eigenvalue weighted by atomic mass is 10.0. The van der Waals surface area contributed by atoms with E-state index in [1.54, 1.807) is 0 Å². The molecular weight excluding hydrogens is 190 g/mol. The van der Waals surface area contributed by atoms with Gasteiger partial charge in [-0.25, -0.2) is 0 Å². The Morgan fingerprint density at radius 1 is 1.27 bits per heavy atom. The van der Waals surface area contributed by atoms with Crippen LogP contribution in [0.1, 0.15) is 13.8 Å². The quantitative estimate of drug-likeness (QED) is 0.653. The zero-order valence-corrected chi connectivity index (χ0v) is 9.87. The second-order valence-electron chi connectivity index (χ2n) is 5.45. The van der Waals surface area contributed by atoms with Crippen molar-refractivity contribution < 1.29 is 5.11 Å². The van der Waals surface area contributed by atoms with E-state index in [1.807, 2.05) is 13.8 Å². The third kappa shape index (κ3) is 3.14. The van der Waals surface area contributed by atoms with Gasteiger partial charge in [0.15, 0.2) is 0 Å². The average Bonchev–Trinajstić information content (AvgIpc) is 2.11. The van der Waals surface area contributed by atoms with Crippen molar-refractivity contribution in [2.75, 3.05) is 45.8 Å². The molecular formula is C11H23N3O. The molecule has 0 aromatic carbocycles. The van der Waals surface area contributed by atoms with Crippen molar-refractivity contribution in [2.45, 2.75) is 25.5 Å². The van der Waals surface area contributed by atoms with E-state index >= 15 is 0 Å². The summed E-state index contributed by atoms with van der Waals surface area (Å²) in [4.78, 5) is 4.91. The molecule has 0 aliphatic carbocycles. The first-order valence-corrected chi connectivity index (χ1v) is 5.94. The van der Waals surface area contributed by atoms with Crippen molar-refractivity contribution >= 4 is 0 Å². The molecule has 0 unspecified atom stereocenters. The average molecular weight is 213 g/mol. The summed E-state index contributed by atoms with van der Waals surface area (Å²) in [5.74, 6) is 0. The molecule has 0 atom stereocenters. The Morgan fingerprint density at radius 2 is 1.87 bits per heavy atom. The number of nitrogens with one attached hydrogen (secondary N) is 1. The van der Waals surface area contributed by atoms with Crippen molar-refractivity contribution in [3.05, 3.63) is 0 Å². The molecule has 15 heavy (non-hydrogen) atoms. The Balaban J connectivity index is 1.68. The molecule has 4 heteroatoms. The summed E-state index contributed by atoms with van der Waals surface area (Å²) >= 11 is 0. The number of nitrogens with zero attached hydrogens (tertiary/aromatic N) is 2. The normalized spacial score (nSPS) is 26.6. The predicted molar refractivity (Wildman–Crippen MR) is 61.0 cm³/mol. The van der Waals surface area contributed by atoms with Crippen LogP contribution >= 0.6 is 0 Å². The van der Waals surface area contributed by atoms with Gasteiger partial charge >= 0.3 is 0 Å². The van der Waals surface area contributed by atoms with Crippen LogP contribution in [0.4, 0.5) is 0 Å². The Hall–Kier alpha value is -0.160. The lowest BCUT2D eigenvalue weighted by Gasteiger charge is -2.48. The van der Waals surface area contributed by atoms with E-state index in [9.17, 15) is 5.11 Å². The second kappa shape index (κ2) is 4.37. The third-order valence-electron chi connectivity index (χ3n) is 3.22. The molecule has 0 aromatic heterocycles. The van der Waals surface area contributed by atoms with Gasteiger partial charge in [-0.05, 0) is 13.8 Å². The minimum absolute atomic E-state index is 0.547. The Labute approximate surface area is 92.2 Å². The van der Waals surface area contributed by atoms with Crippen LogP contribution in [0, 0.1) is 0 Å². The topological polar surface area (TPSA) is 38.7 Å². The van der Waals surface area contributed by atoms with Gasteiger partial charge in [-0.2, -0.15) is 0 Å². The lowest BCUT2D eigenvalue weighted by molar-refractivity contribution is -0.0299. The fraction of sp³-hybridized carbons (Fsp3) is 1.00. The molecule has 2 rings (SSSR count). The molecule has 2 aliphatic rings. The Bertz CT molecular complexity index is 202. The van der Waals surface area contributed by atoms with E-state index in [1.165, 1.54) is 13.1 Å². The first-order valence-electron chi connectivity index (χ1n) is 5.94. The Kier molecular flexibility index (Phi) is 3.30. The highest BCUT2D eigenvalue weighted by atomic mass is 16.3. The van der Waals surface area contributed by atoms with E-state index in [0.717, 1.165) is 38.8 Å². The number of likely N-dealkylation sites (tertiary alicyclic amines) is 1. The Morgan fingerprint density at radius 3 is 2.40 bits per heavy atom. The number of aliphatic hydroxyl groups is 1. The van der Waals surface area contributed by atoms with Gasteiger partial charge in [-0.1, -0.05) is 0 Å². The van der Waals surface area contributed by atoms with Crippen LogP contribution in [0.2, 0.25) is 0 Å². The molecule has 0 spiro atoms. The van der Waals surface area contributed by atoms with Crippen molar-refractivity contribution in [3.63, 3.8) is 0 Å². The van der Waals surface area contributed by atoms with Gasteiger partial charge < -0.3 is 10.4 Å². The first-order chi connectivity index (χ1) is 7.04. The minimum Gasteiger partial charge on any atom is -0.389 e. The van der Waals surface area contributed by atoms with Gasteiger partial charge in [0, 0.05) is 51.9 Å². The maximum atomic E-state index is 9.68. The van der Waals surface area contributed by atoms with E-state index in [-0.39, 0.29) is 0 Å². The highest BCUT2D eigenvalue weighted by molar-refractivity contribution is 4.91. The van der Waals surface area contributed by atoms with Gasteiger partial charge in [0.25, 0.3) is 0 Å². The molecule has 0 saturated carbocycles. The van der Waals surface area contributed by atoms with E-state index in [4.69, 9.17) is 0 Å². The van der Waals surface area contributed by atoms with Crippen molar-refractivity contribution in [3.8, 4) is 0 Å². The monoisotopic (exact) mass is 213 g/mol. The van der Waals surface area contributed by atoms with Crippen molar-refractivity contribution in [2.24, 2.45) is 0 Å². The molecule has 88 valence electrons. The van der Waals surface area contributed by atoms with Crippen LogP contribution < -0.4 is 5.32 Å². The summed E-state index contributed by atoms with van der Waals surface area (Å²) in [6.45, 7) is 11.4. The zero-order valence-electron chi connectivity index (χ0n) is 9.87. The summed E-state index contributed by atoms with van der Waals surface area (Å²) in [5.41, 5.74) is -0.547. The molecule has 2 heterocycles. The number of rotatable bonds is 3. The van der Waals surface area contributed by atoms with Crippen molar-refractivity contribution in [1.82, 2.24) is 15.1 Å². The zero-order chi connectivity index (χ0) is 10.9. The summed E-state index contributed by atoms with van der Waals surface area (Å²) in [6.07, 6.45) is 0. The lowest BCUT2D eigenvalue weighted by Crippen LogP contribution is -2.64. The highest BCUT2D eigenvalue weighted by Crippen LogP contribution is 2.18. The summed E-state index contributed by atoms with van der Waals surface area (Å²) in [6, 6.07) is 0.731. The van der Waals surface area contributed by atoms with Crippen LogP contribution in [0.5, 0.6) is 0 Å². The molecule has 2 fully saturated rings. The predicted octanol–water partition coefficient (Wildman–Crippen LogP) is -0.653. The molecule has 0 aromatic rings. The molecule has 0 radical (unpaired) electrons. The van der Waals surface area contributed by atoms with Crippen molar-refractivity contribution in [1.29, 1.82) is 0 Å². The van der Waals surface area contributed by atoms with Gasteiger partial charge in [-0.15, -0.1) is 0 Å². The number of hydrogen-bond donors (Lipinski definition) is 2. The fourth-order valence-electron chi connectivity index (χ4n) is 2.50. The SMILES string of the molecule is CC(C)(O)CN1CC(N2CCNCC2)C1. The van der Waals surface area contributed by atoms with Crippen LogP contribution in [0.15, 0.2) is 0 Å². The smallest absolute Gasteiger partial charge is 0.0718 e. The number of β-amino-alcohol motifs (C(OH)–C–C–N with tert-alkyl or cyclic N) is 1. The molecule has 0 amide bonds. The fourth-order valence-corrected chi connectivity index (χ4v) is 2.50. The summed E-state index contributed by atoms with van der Waals surface area (Å²) < 4.78 is 0. The molecule has 2 N–H and O–H groups in total. The largest absolute Gasteiger partial charge is 0.389 e. The van der Waals surface area contributed by atoms with Gasteiger partial charge in [0.2, 0.25) is 0 Å². The van der Waals surface area contributed by atoms with Crippen LogP contribution in [-0.2, 0) is 0 Å². The third-order valence-corrected chi connectivity index (χ3v) is 3.22. The van der Waals surface area contributed by atoms with Crippen LogP contribution in [-0.4, -0.2) is 72.4 Å².